The summed E-state index contributed by atoms with van der Waals surface area (Å²) in [6, 6.07) is -0.570. The maximum absolute atomic E-state index is 11.8. The molecule has 0 aromatic heterocycles. The monoisotopic (exact) mass is 286 g/mol. The van der Waals surface area contributed by atoms with Crippen LogP contribution < -0.4 is 16.4 Å². The van der Waals surface area contributed by atoms with E-state index in [2.05, 4.69) is 20.7 Å². The zero-order valence-corrected chi connectivity index (χ0v) is 11.7. The summed E-state index contributed by atoms with van der Waals surface area (Å²) in [5.74, 6) is -0.514. The summed E-state index contributed by atoms with van der Waals surface area (Å²) in [4.78, 5) is 25.4. The van der Waals surface area contributed by atoms with Crippen molar-refractivity contribution in [2.24, 2.45) is 10.8 Å². The molecule has 0 heterocycles. The summed E-state index contributed by atoms with van der Waals surface area (Å²) >= 11 is 0. The standard InChI is InChI=1S/C11H22N6O3/c1-9(18)16-10(3-2-4-12)11(19)14-5-7-20-8-6-15-17-13/h10H,2-8,12H2,1H3,(H,14,19)(H,16,18)/t10-/m0/s1. The fraction of sp³-hybridized carbons (Fsp3) is 0.818. The van der Waals surface area contributed by atoms with E-state index in [1.165, 1.54) is 6.92 Å². The van der Waals surface area contributed by atoms with Crippen molar-refractivity contribution in [3.05, 3.63) is 10.4 Å². The van der Waals surface area contributed by atoms with Gasteiger partial charge < -0.3 is 21.1 Å². The van der Waals surface area contributed by atoms with Crippen molar-refractivity contribution in [3.63, 3.8) is 0 Å². The van der Waals surface area contributed by atoms with Gasteiger partial charge in [-0.3, -0.25) is 9.59 Å². The Balaban J connectivity index is 3.87. The van der Waals surface area contributed by atoms with Crippen LogP contribution in [0.5, 0.6) is 0 Å². The highest BCUT2D eigenvalue weighted by Crippen LogP contribution is 1.96. The number of hydrogen-bond acceptors (Lipinski definition) is 5. The van der Waals surface area contributed by atoms with Gasteiger partial charge in [0.05, 0.1) is 13.2 Å². The molecule has 20 heavy (non-hydrogen) atoms. The smallest absolute Gasteiger partial charge is 0.242 e. The number of nitrogens with one attached hydrogen (secondary N) is 2. The molecule has 114 valence electrons. The third-order valence-electron chi connectivity index (χ3n) is 2.34. The Bertz CT molecular complexity index is 343. The van der Waals surface area contributed by atoms with Crippen LogP contribution in [0.1, 0.15) is 19.8 Å². The zero-order chi connectivity index (χ0) is 15.2. The molecule has 0 spiro atoms. The van der Waals surface area contributed by atoms with Crippen LogP contribution in [0.4, 0.5) is 0 Å². The third kappa shape index (κ3) is 10.1. The molecule has 0 aromatic carbocycles. The molecule has 0 aliphatic carbocycles. The first-order valence-corrected chi connectivity index (χ1v) is 6.45. The van der Waals surface area contributed by atoms with Gasteiger partial charge in [-0.2, -0.15) is 0 Å². The highest BCUT2D eigenvalue weighted by molar-refractivity contribution is 5.86. The number of nitrogens with zero attached hydrogens (tertiary/aromatic N) is 3. The van der Waals surface area contributed by atoms with Crippen molar-refractivity contribution in [3.8, 4) is 0 Å². The van der Waals surface area contributed by atoms with Gasteiger partial charge >= 0.3 is 0 Å². The van der Waals surface area contributed by atoms with Crippen molar-refractivity contribution >= 4 is 11.8 Å². The minimum Gasteiger partial charge on any atom is -0.379 e. The van der Waals surface area contributed by atoms with Gasteiger partial charge in [0.1, 0.15) is 6.04 Å². The molecule has 0 saturated heterocycles. The second-order valence-corrected chi connectivity index (χ2v) is 4.04. The van der Waals surface area contributed by atoms with Crippen LogP contribution >= 0.6 is 0 Å². The van der Waals surface area contributed by atoms with E-state index in [1.807, 2.05) is 0 Å². The Labute approximate surface area is 117 Å². The molecule has 4 N–H and O–H groups in total. The lowest BCUT2D eigenvalue weighted by molar-refractivity contribution is -0.128. The minimum atomic E-state index is -0.570. The van der Waals surface area contributed by atoms with Crippen LogP contribution in [-0.4, -0.2) is 50.7 Å². The van der Waals surface area contributed by atoms with Crippen LogP contribution in [0.15, 0.2) is 5.11 Å². The minimum absolute atomic E-state index is 0.257. The summed E-state index contributed by atoms with van der Waals surface area (Å²) in [6.45, 7) is 3.04. The van der Waals surface area contributed by atoms with Crippen LogP contribution in [-0.2, 0) is 14.3 Å². The zero-order valence-electron chi connectivity index (χ0n) is 11.7. The number of hydrogen-bond donors (Lipinski definition) is 3. The number of ether oxygens (including phenoxy) is 1. The van der Waals surface area contributed by atoms with Crippen LogP contribution in [0.25, 0.3) is 10.4 Å². The number of nitrogens with two attached hydrogens (primary N) is 1. The second kappa shape index (κ2) is 12.2. The van der Waals surface area contributed by atoms with E-state index in [0.717, 1.165) is 0 Å². The van der Waals surface area contributed by atoms with E-state index in [-0.39, 0.29) is 18.4 Å². The van der Waals surface area contributed by atoms with E-state index < -0.39 is 6.04 Å². The van der Waals surface area contributed by atoms with Crippen molar-refractivity contribution in [1.82, 2.24) is 10.6 Å². The van der Waals surface area contributed by atoms with Crippen LogP contribution in [0.2, 0.25) is 0 Å². The number of azide groups is 1. The molecule has 9 heteroatoms. The molecule has 0 aliphatic heterocycles. The van der Waals surface area contributed by atoms with Gasteiger partial charge in [-0.25, -0.2) is 0 Å². The molecule has 0 bridgehead atoms. The largest absolute Gasteiger partial charge is 0.379 e. The predicted molar refractivity (Wildman–Crippen MR) is 73.7 cm³/mol. The molecular weight excluding hydrogens is 264 g/mol. The summed E-state index contributed by atoms with van der Waals surface area (Å²) in [6.07, 6.45) is 1.15. The lowest BCUT2D eigenvalue weighted by Crippen LogP contribution is -2.47. The number of carbonyl (C=O) groups is 2. The van der Waals surface area contributed by atoms with E-state index in [1.54, 1.807) is 0 Å². The van der Waals surface area contributed by atoms with E-state index in [0.29, 0.717) is 39.1 Å². The Morgan fingerprint density at radius 1 is 1.45 bits per heavy atom. The SMILES string of the molecule is CC(=O)N[C@@H](CCCN)C(=O)NCCOCCN=[N+]=[N-]. The normalized spacial score (nSPS) is 11.3. The first-order chi connectivity index (χ1) is 9.61. The van der Waals surface area contributed by atoms with Crippen molar-refractivity contribution < 1.29 is 14.3 Å². The Hall–Kier alpha value is -1.83. The van der Waals surface area contributed by atoms with E-state index in [4.69, 9.17) is 16.0 Å². The van der Waals surface area contributed by atoms with Gasteiger partial charge in [0.15, 0.2) is 0 Å². The Morgan fingerprint density at radius 2 is 2.20 bits per heavy atom. The number of amides is 2. The summed E-state index contributed by atoms with van der Waals surface area (Å²) < 4.78 is 5.14. The molecule has 0 fully saturated rings. The quantitative estimate of drug-likeness (QED) is 0.207. The summed E-state index contributed by atoms with van der Waals surface area (Å²) in [5.41, 5.74) is 13.4. The van der Waals surface area contributed by atoms with Gasteiger partial charge in [0.2, 0.25) is 11.8 Å². The van der Waals surface area contributed by atoms with Crippen LogP contribution in [0.3, 0.4) is 0 Å². The molecule has 0 aliphatic rings. The van der Waals surface area contributed by atoms with E-state index in [9.17, 15) is 9.59 Å². The van der Waals surface area contributed by atoms with Crippen LogP contribution in [0, 0.1) is 0 Å². The van der Waals surface area contributed by atoms with Crippen molar-refractivity contribution in [2.45, 2.75) is 25.8 Å². The highest BCUT2D eigenvalue weighted by atomic mass is 16.5. The highest BCUT2D eigenvalue weighted by Gasteiger charge is 2.17. The molecule has 1 atom stereocenters. The number of rotatable bonds is 11. The molecule has 0 unspecified atom stereocenters. The lowest BCUT2D eigenvalue weighted by atomic mass is 10.1. The third-order valence-corrected chi connectivity index (χ3v) is 2.34. The van der Waals surface area contributed by atoms with Gasteiger partial charge in [-0.15, -0.1) is 0 Å². The van der Waals surface area contributed by atoms with E-state index >= 15 is 0 Å². The first kappa shape index (κ1) is 18.2. The molecule has 0 aromatic rings. The average Bonchev–Trinajstić information content (AvgIpc) is 2.41. The first-order valence-electron chi connectivity index (χ1n) is 6.45. The Morgan fingerprint density at radius 3 is 2.80 bits per heavy atom. The second-order valence-electron chi connectivity index (χ2n) is 4.04. The predicted octanol–water partition coefficient (Wildman–Crippen LogP) is -0.327. The molecule has 9 nitrogen and oxygen atoms in total. The van der Waals surface area contributed by atoms with Gasteiger partial charge in [0.25, 0.3) is 0 Å². The maximum atomic E-state index is 11.8. The molecule has 2 amide bonds. The molecule has 0 saturated carbocycles. The topological polar surface area (TPSA) is 142 Å². The molecule has 0 radical (unpaired) electrons. The van der Waals surface area contributed by atoms with Gasteiger partial charge in [-0.05, 0) is 24.9 Å². The summed E-state index contributed by atoms with van der Waals surface area (Å²) in [7, 11) is 0. The van der Waals surface area contributed by atoms with Gasteiger partial charge in [0, 0.05) is 24.9 Å². The summed E-state index contributed by atoms with van der Waals surface area (Å²) in [5, 5.41) is 8.55. The average molecular weight is 286 g/mol. The van der Waals surface area contributed by atoms with Crippen molar-refractivity contribution in [1.29, 1.82) is 0 Å². The lowest BCUT2D eigenvalue weighted by Gasteiger charge is -2.17. The maximum Gasteiger partial charge on any atom is 0.242 e. The molecule has 0 rings (SSSR count). The molecular formula is C11H22N6O3. The van der Waals surface area contributed by atoms with Gasteiger partial charge in [-0.1, -0.05) is 5.11 Å². The van der Waals surface area contributed by atoms with Crippen molar-refractivity contribution in [2.75, 3.05) is 32.8 Å². The fourth-order valence-electron chi connectivity index (χ4n) is 1.46. The Kier molecular flexibility index (Phi) is 11.1. The fourth-order valence-corrected chi connectivity index (χ4v) is 1.46. The number of carbonyl (C=O) groups excluding carboxylic acids is 2.